The van der Waals surface area contributed by atoms with Gasteiger partial charge >= 0.3 is 6.18 Å². The highest BCUT2D eigenvalue weighted by Crippen LogP contribution is 2.34. The summed E-state index contributed by atoms with van der Waals surface area (Å²) >= 11 is 1.38. The first-order chi connectivity index (χ1) is 20.6. The standard InChI is InChI=1S/C31H30F3N5O3S/c1-3-6-26(40)24-17-35-38(2)27(24)37-28(41)25-18-43-29(36-25)20-13-15-39(16-14-20)30(42)23-8-5-4-7-22(23)19-9-11-21(12-10-19)31(32,33)34/h4-5,7-12,17-18,20H,3,6,13-16H2,1-2H3,(H,37,41). The summed E-state index contributed by atoms with van der Waals surface area (Å²) in [7, 11) is 1.65. The molecular weight excluding hydrogens is 579 g/mol. The van der Waals surface area contributed by atoms with Crippen molar-refractivity contribution in [2.75, 3.05) is 18.4 Å². The van der Waals surface area contributed by atoms with Crippen molar-refractivity contribution >= 4 is 34.8 Å². The van der Waals surface area contributed by atoms with E-state index in [0.29, 0.717) is 66.8 Å². The van der Waals surface area contributed by atoms with Gasteiger partial charge in [-0.15, -0.1) is 11.3 Å². The fourth-order valence-corrected chi connectivity index (χ4v) is 6.13. The first-order valence-electron chi connectivity index (χ1n) is 13.9. The van der Waals surface area contributed by atoms with E-state index in [1.165, 1.54) is 34.3 Å². The summed E-state index contributed by atoms with van der Waals surface area (Å²) in [5, 5.41) is 9.38. The molecule has 1 N–H and O–H groups in total. The Morgan fingerprint density at radius 1 is 1.02 bits per heavy atom. The van der Waals surface area contributed by atoms with Gasteiger partial charge in [0.25, 0.3) is 11.8 Å². The summed E-state index contributed by atoms with van der Waals surface area (Å²) in [6, 6.07) is 11.7. The van der Waals surface area contributed by atoms with Crippen molar-refractivity contribution < 1.29 is 27.6 Å². The zero-order valence-corrected chi connectivity index (χ0v) is 24.5. The molecule has 2 amide bonds. The molecule has 0 bridgehead atoms. The molecule has 3 heterocycles. The van der Waals surface area contributed by atoms with E-state index in [1.807, 2.05) is 6.92 Å². The zero-order chi connectivity index (χ0) is 30.7. The summed E-state index contributed by atoms with van der Waals surface area (Å²) in [5.74, 6) is -0.296. The quantitative estimate of drug-likeness (QED) is 0.221. The number of amides is 2. The number of halogens is 3. The molecule has 0 saturated carbocycles. The Morgan fingerprint density at radius 3 is 2.40 bits per heavy atom. The number of rotatable bonds is 8. The topological polar surface area (TPSA) is 97.2 Å². The Morgan fingerprint density at radius 2 is 1.72 bits per heavy atom. The summed E-state index contributed by atoms with van der Waals surface area (Å²) in [6.07, 6.45) is -0.626. The molecule has 1 aliphatic heterocycles. The highest BCUT2D eigenvalue weighted by atomic mass is 32.1. The van der Waals surface area contributed by atoms with Crippen molar-refractivity contribution in [1.82, 2.24) is 19.7 Å². The van der Waals surface area contributed by atoms with Crippen LogP contribution in [0.25, 0.3) is 11.1 Å². The number of piperidine rings is 1. The Labute approximate surface area is 250 Å². The Hall–Kier alpha value is -4.32. The Bertz CT molecular complexity index is 1640. The molecule has 12 heteroatoms. The van der Waals surface area contributed by atoms with Gasteiger partial charge in [-0.25, -0.2) is 4.98 Å². The van der Waals surface area contributed by atoms with E-state index in [-0.39, 0.29) is 23.3 Å². The number of carbonyl (C=O) groups is 3. The van der Waals surface area contributed by atoms with Crippen molar-refractivity contribution in [3.05, 3.63) is 87.5 Å². The van der Waals surface area contributed by atoms with Gasteiger partial charge in [0.15, 0.2) is 5.78 Å². The summed E-state index contributed by atoms with van der Waals surface area (Å²) < 4.78 is 40.5. The lowest BCUT2D eigenvalue weighted by atomic mass is 9.94. The van der Waals surface area contributed by atoms with Gasteiger partial charge in [-0.3, -0.25) is 19.1 Å². The van der Waals surface area contributed by atoms with Crippen molar-refractivity contribution in [3.8, 4) is 11.1 Å². The second kappa shape index (κ2) is 12.5. The molecule has 2 aromatic heterocycles. The maximum atomic E-state index is 13.5. The number of nitrogens with one attached hydrogen (secondary N) is 1. The van der Waals surface area contributed by atoms with Crippen molar-refractivity contribution in [2.45, 2.75) is 44.7 Å². The second-order valence-corrected chi connectivity index (χ2v) is 11.3. The van der Waals surface area contributed by atoms with Gasteiger partial charge in [-0.2, -0.15) is 18.3 Å². The van der Waals surface area contributed by atoms with E-state index in [1.54, 1.807) is 41.6 Å². The number of alkyl halides is 3. The monoisotopic (exact) mass is 609 g/mol. The number of aryl methyl sites for hydroxylation is 1. The Balaban J connectivity index is 1.23. The smallest absolute Gasteiger partial charge is 0.339 e. The van der Waals surface area contributed by atoms with Crippen molar-refractivity contribution in [2.24, 2.45) is 7.05 Å². The molecule has 2 aromatic carbocycles. The average Bonchev–Trinajstić information content (AvgIpc) is 3.64. The first-order valence-corrected chi connectivity index (χ1v) is 14.8. The molecule has 1 saturated heterocycles. The van der Waals surface area contributed by atoms with Crippen molar-refractivity contribution in [1.29, 1.82) is 0 Å². The SMILES string of the molecule is CCCC(=O)c1cnn(C)c1NC(=O)c1csc(C2CCN(C(=O)c3ccccc3-c3ccc(C(F)(F)F)cc3)CC2)n1. The van der Waals surface area contributed by atoms with Crippen LogP contribution in [0.4, 0.5) is 19.0 Å². The lowest BCUT2D eigenvalue weighted by Crippen LogP contribution is -2.38. The fourth-order valence-electron chi connectivity index (χ4n) is 5.16. The highest BCUT2D eigenvalue weighted by molar-refractivity contribution is 7.10. The van der Waals surface area contributed by atoms with Crippen LogP contribution in [0.3, 0.4) is 0 Å². The van der Waals surface area contributed by atoms with Crippen LogP contribution in [0.5, 0.6) is 0 Å². The maximum absolute atomic E-state index is 13.5. The number of ketones is 1. The normalized spacial score (nSPS) is 14.1. The van der Waals surface area contributed by atoms with Crippen LogP contribution < -0.4 is 5.32 Å². The largest absolute Gasteiger partial charge is 0.416 e. The van der Waals surface area contributed by atoms with E-state index in [0.717, 1.165) is 17.1 Å². The minimum absolute atomic E-state index is 0.0687. The molecular formula is C31H30F3N5O3S. The number of nitrogens with zero attached hydrogens (tertiary/aromatic N) is 4. The third kappa shape index (κ3) is 6.53. The molecule has 0 unspecified atom stereocenters. The van der Waals surface area contributed by atoms with Gasteiger partial charge in [0.1, 0.15) is 11.5 Å². The summed E-state index contributed by atoms with van der Waals surface area (Å²) in [4.78, 5) is 45.2. The molecule has 0 spiro atoms. The molecule has 0 radical (unpaired) electrons. The predicted molar refractivity (Wildman–Crippen MR) is 157 cm³/mol. The van der Waals surface area contributed by atoms with Gasteiger partial charge in [0, 0.05) is 43.4 Å². The third-order valence-corrected chi connectivity index (χ3v) is 8.52. The lowest BCUT2D eigenvalue weighted by molar-refractivity contribution is -0.137. The van der Waals surface area contributed by atoms with E-state index in [4.69, 9.17) is 0 Å². The average molecular weight is 610 g/mol. The van der Waals surface area contributed by atoms with Gasteiger partial charge < -0.3 is 10.2 Å². The van der Waals surface area contributed by atoms with Crippen LogP contribution in [0.15, 0.2) is 60.1 Å². The van der Waals surface area contributed by atoms with E-state index in [9.17, 15) is 27.6 Å². The van der Waals surface area contributed by atoms with E-state index < -0.39 is 17.6 Å². The van der Waals surface area contributed by atoms with Gasteiger partial charge in [0.2, 0.25) is 0 Å². The molecule has 224 valence electrons. The second-order valence-electron chi connectivity index (χ2n) is 10.4. The lowest BCUT2D eigenvalue weighted by Gasteiger charge is -2.31. The highest BCUT2D eigenvalue weighted by Gasteiger charge is 2.31. The van der Waals surface area contributed by atoms with Gasteiger partial charge in [-0.05, 0) is 48.6 Å². The van der Waals surface area contributed by atoms with Gasteiger partial charge in [-0.1, -0.05) is 37.3 Å². The predicted octanol–water partition coefficient (Wildman–Crippen LogP) is 6.82. The van der Waals surface area contributed by atoms with Crippen LogP contribution in [-0.4, -0.2) is 50.4 Å². The summed E-state index contributed by atoms with van der Waals surface area (Å²) in [6.45, 7) is 2.86. The number of aromatic nitrogens is 3. The number of likely N-dealkylation sites (tertiary alicyclic amines) is 1. The number of carbonyl (C=O) groups excluding carboxylic acids is 3. The fraction of sp³-hybridized carbons (Fsp3) is 0.323. The van der Waals surface area contributed by atoms with E-state index in [2.05, 4.69) is 15.4 Å². The molecule has 5 rings (SSSR count). The van der Waals surface area contributed by atoms with Crippen LogP contribution >= 0.6 is 11.3 Å². The molecule has 1 fully saturated rings. The number of hydrogen-bond donors (Lipinski definition) is 1. The minimum atomic E-state index is -4.43. The third-order valence-electron chi connectivity index (χ3n) is 7.51. The molecule has 0 aliphatic carbocycles. The minimum Gasteiger partial charge on any atom is -0.339 e. The number of benzene rings is 2. The van der Waals surface area contributed by atoms with Crippen molar-refractivity contribution in [3.63, 3.8) is 0 Å². The Kier molecular flexibility index (Phi) is 8.77. The number of thiazole rings is 1. The first kappa shape index (κ1) is 30.1. The van der Waals surface area contributed by atoms with E-state index >= 15 is 0 Å². The number of anilines is 1. The zero-order valence-electron chi connectivity index (χ0n) is 23.6. The molecule has 4 aromatic rings. The van der Waals surface area contributed by atoms with Crippen LogP contribution in [0, 0.1) is 0 Å². The number of hydrogen-bond acceptors (Lipinski definition) is 6. The molecule has 8 nitrogen and oxygen atoms in total. The van der Waals surface area contributed by atoms with Crippen LogP contribution in [0.1, 0.15) is 80.3 Å². The molecule has 1 aliphatic rings. The summed E-state index contributed by atoms with van der Waals surface area (Å²) in [5.41, 5.74) is 1.42. The van der Waals surface area contributed by atoms with Crippen LogP contribution in [0.2, 0.25) is 0 Å². The molecule has 43 heavy (non-hydrogen) atoms. The maximum Gasteiger partial charge on any atom is 0.416 e. The number of Topliss-reactive ketones (excluding diaryl/α,β-unsaturated/α-hetero) is 1. The molecule has 0 atom stereocenters. The van der Waals surface area contributed by atoms with Crippen LogP contribution in [-0.2, 0) is 13.2 Å². The van der Waals surface area contributed by atoms with Gasteiger partial charge in [0.05, 0.1) is 22.3 Å².